The molecule has 12 heavy (non-hydrogen) atoms. The number of carbonyl (C=O) groups excluding carboxylic acids is 1. The third-order valence-corrected chi connectivity index (χ3v) is 2.03. The Hall–Kier alpha value is -1.05. The number of nitrogens with one attached hydrogen (secondary N) is 1. The maximum Gasteiger partial charge on any atom is 0.227 e. The van der Waals surface area contributed by atoms with Crippen molar-refractivity contribution in [2.24, 2.45) is 5.92 Å². The molecule has 0 aromatic carbocycles. The van der Waals surface area contributed by atoms with Crippen LogP contribution < -0.4 is 5.32 Å². The first-order valence-corrected chi connectivity index (χ1v) is 4.28. The highest BCUT2D eigenvalue weighted by molar-refractivity contribution is 5.79. The highest BCUT2D eigenvalue weighted by Gasteiger charge is 2.09. The molecule has 1 amide bonds. The van der Waals surface area contributed by atoms with E-state index in [-0.39, 0.29) is 5.91 Å². The fourth-order valence-electron chi connectivity index (χ4n) is 1.39. The standard InChI is InChI=1S/C10H15NO/c1-7(2)9-4-5-10(12)11-6-8(9)3/h4,6-7H,5H2,1-3H3,(H,11,12). The minimum absolute atomic E-state index is 0.0741. The van der Waals surface area contributed by atoms with Crippen LogP contribution in [0.5, 0.6) is 0 Å². The van der Waals surface area contributed by atoms with Crippen molar-refractivity contribution in [1.82, 2.24) is 5.32 Å². The van der Waals surface area contributed by atoms with Gasteiger partial charge in [-0.2, -0.15) is 0 Å². The van der Waals surface area contributed by atoms with Crippen molar-refractivity contribution in [2.45, 2.75) is 27.2 Å². The van der Waals surface area contributed by atoms with E-state index < -0.39 is 0 Å². The lowest BCUT2D eigenvalue weighted by atomic mass is 9.96. The summed E-state index contributed by atoms with van der Waals surface area (Å²) in [6, 6.07) is 0. The van der Waals surface area contributed by atoms with E-state index in [0.717, 1.165) is 5.57 Å². The van der Waals surface area contributed by atoms with Crippen LogP contribution in [-0.2, 0) is 4.79 Å². The summed E-state index contributed by atoms with van der Waals surface area (Å²) in [5, 5.41) is 2.73. The molecule has 0 saturated heterocycles. The van der Waals surface area contributed by atoms with Gasteiger partial charge in [0.1, 0.15) is 0 Å². The molecule has 2 heteroatoms. The van der Waals surface area contributed by atoms with Gasteiger partial charge in [0.05, 0.1) is 0 Å². The summed E-state index contributed by atoms with van der Waals surface area (Å²) in [5.41, 5.74) is 2.43. The van der Waals surface area contributed by atoms with Crippen molar-refractivity contribution in [3.63, 3.8) is 0 Å². The van der Waals surface area contributed by atoms with Gasteiger partial charge in [0, 0.05) is 12.6 Å². The van der Waals surface area contributed by atoms with Crippen LogP contribution in [0.4, 0.5) is 0 Å². The smallest absolute Gasteiger partial charge is 0.227 e. The zero-order valence-electron chi connectivity index (χ0n) is 7.85. The van der Waals surface area contributed by atoms with Gasteiger partial charge in [-0.3, -0.25) is 4.79 Å². The van der Waals surface area contributed by atoms with E-state index in [2.05, 4.69) is 19.2 Å². The SMILES string of the molecule is CC1=CNC(=O)CC=C1C(C)C. The Kier molecular flexibility index (Phi) is 2.69. The predicted octanol–water partition coefficient (Wildman–Crippen LogP) is 1.99. The van der Waals surface area contributed by atoms with Crippen LogP contribution in [-0.4, -0.2) is 5.91 Å². The molecule has 0 aliphatic carbocycles. The second kappa shape index (κ2) is 3.57. The van der Waals surface area contributed by atoms with Gasteiger partial charge in [0.15, 0.2) is 0 Å². The summed E-state index contributed by atoms with van der Waals surface area (Å²) in [7, 11) is 0. The Morgan fingerprint density at radius 2 is 2.17 bits per heavy atom. The van der Waals surface area contributed by atoms with Crippen LogP contribution in [0.2, 0.25) is 0 Å². The fourth-order valence-corrected chi connectivity index (χ4v) is 1.39. The molecule has 1 aliphatic heterocycles. The van der Waals surface area contributed by atoms with Gasteiger partial charge in [-0.25, -0.2) is 0 Å². The van der Waals surface area contributed by atoms with Gasteiger partial charge < -0.3 is 5.32 Å². The van der Waals surface area contributed by atoms with Crippen molar-refractivity contribution in [1.29, 1.82) is 0 Å². The lowest BCUT2D eigenvalue weighted by molar-refractivity contribution is -0.119. The Morgan fingerprint density at radius 3 is 2.75 bits per heavy atom. The molecule has 0 aromatic rings. The summed E-state index contributed by atoms with van der Waals surface area (Å²) in [4.78, 5) is 11.0. The summed E-state index contributed by atoms with van der Waals surface area (Å²) < 4.78 is 0. The van der Waals surface area contributed by atoms with Crippen LogP contribution in [0, 0.1) is 5.92 Å². The van der Waals surface area contributed by atoms with E-state index in [1.807, 2.05) is 13.0 Å². The van der Waals surface area contributed by atoms with Gasteiger partial charge >= 0.3 is 0 Å². The van der Waals surface area contributed by atoms with E-state index in [0.29, 0.717) is 12.3 Å². The zero-order chi connectivity index (χ0) is 9.14. The number of allylic oxidation sites excluding steroid dienone is 2. The average molecular weight is 165 g/mol. The first kappa shape index (κ1) is 9.04. The van der Waals surface area contributed by atoms with Gasteiger partial charge in [0.25, 0.3) is 0 Å². The van der Waals surface area contributed by atoms with E-state index in [9.17, 15) is 4.79 Å². The molecule has 1 N–H and O–H groups in total. The minimum atomic E-state index is 0.0741. The molecule has 0 aromatic heterocycles. The second-order valence-corrected chi connectivity index (χ2v) is 3.41. The van der Waals surface area contributed by atoms with E-state index >= 15 is 0 Å². The van der Waals surface area contributed by atoms with Crippen LogP contribution >= 0.6 is 0 Å². The van der Waals surface area contributed by atoms with Crippen molar-refractivity contribution in [3.8, 4) is 0 Å². The maximum atomic E-state index is 11.0. The van der Waals surface area contributed by atoms with E-state index in [4.69, 9.17) is 0 Å². The average Bonchev–Trinajstić information content (AvgIpc) is 2.14. The lowest BCUT2D eigenvalue weighted by Gasteiger charge is -2.09. The third-order valence-electron chi connectivity index (χ3n) is 2.03. The number of hydrogen-bond donors (Lipinski definition) is 1. The van der Waals surface area contributed by atoms with Crippen LogP contribution in [0.3, 0.4) is 0 Å². The summed E-state index contributed by atoms with van der Waals surface area (Å²) >= 11 is 0. The molecule has 2 nitrogen and oxygen atoms in total. The quantitative estimate of drug-likeness (QED) is 0.632. The Bertz CT molecular complexity index is 249. The normalized spacial score (nSPS) is 18.2. The summed E-state index contributed by atoms with van der Waals surface area (Å²) in [6.45, 7) is 6.30. The molecule has 1 rings (SSSR count). The molecule has 1 heterocycles. The lowest BCUT2D eigenvalue weighted by Crippen LogP contribution is -2.14. The van der Waals surface area contributed by atoms with Gasteiger partial charge in [0.2, 0.25) is 5.91 Å². The molecular formula is C10H15NO. The Labute approximate surface area is 73.4 Å². The molecule has 0 saturated carbocycles. The Morgan fingerprint density at radius 1 is 1.50 bits per heavy atom. The van der Waals surface area contributed by atoms with Crippen molar-refractivity contribution in [3.05, 3.63) is 23.4 Å². The molecule has 0 atom stereocenters. The number of carbonyl (C=O) groups is 1. The molecule has 0 bridgehead atoms. The highest BCUT2D eigenvalue weighted by atomic mass is 16.1. The number of hydrogen-bond acceptors (Lipinski definition) is 1. The first-order chi connectivity index (χ1) is 5.61. The first-order valence-electron chi connectivity index (χ1n) is 4.28. The zero-order valence-corrected chi connectivity index (χ0v) is 7.85. The topological polar surface area (TPSA) is 29.1 Å². The molecular weight excluding hydrogens is 150 g/mol. The number of amides is 1. The fraction of sp³-hybridized carbons (Fsp3) is 0.500. The Balaban J connectivity index is 2.89. The van der Waals surface area contributed by atoms with Crippen LogP contribution in [0.1, 0.15) is 27.2 Å². The molecule has 0 spiro atoms. The van der Waals surface area contributed by atoms with Crippen molar-refractivity contribution < 1.29 is 4.79 Å². The van der Waals surface area contributed by atoms with E-state index in [1.165, 1.54) is 5.57 Å². The van der Waals surface area contributed by atoms with Crippen LogP contribution in [0.25, 0.3) is 0 Å². The number of rotatable bonds is 1. The maximum absolute atomic E-state index is 11.0. The molecule has 66 valence electrons. The monoisotopic (exact) mass is 165 g/mol. The van der Waals surface area contributed by atoms with Gasteiger partial charge in [-0.15, -0.1) is 0 Å². The van der Waals surface area contributed by atoms with Gasteiger partial charge in [-0.1, -0.05) is 19.9 Å². The largest absolute Gasteiger partial charge is 0.332 e. The molecule has 0 fully saturated rings. The second-order valence-electron chi connectivity index (χ2n) is 3.41. The molecule has 0 unspecified atom stereocenters. The highest BCUT2D eigenvalue weighted by Crippen LogP contribution is 2.20. The van der Waals surface area contributed by atoms with E-state index in [1.54, 1.807) is 6.20 Å². The minimum Gasteiger partial charge on any atom is -0.332 e. The van der Waals surface area contributed by atoms with Gasteiger partial charge in [-0.05, 0) is 24.0 Å². The van der Waals surface area contributed by atoms with Crippen LogP contribution in [0.15, 0.2) is 23.4 Å². The third kappa shape index (κ3) is 1.97. The molecule has 0 radical (unpaired) electrons. The van der Waals surface area contributed by atoms with Crippen molar-refractivity contribution >= 4 is 5.91 Å². The summed E-state index contributed by atoms with van der Waals surface area (Å²) in [6.07, 6.45) is 4.31. The predicted molar refractivity (Wildman–Crippen MR) is 49.4 cm³/mol. The van der Waals surface area contributed by atoms with Crippen molar-refractivity contribution in [2.75, 3.05) is 0 Å². The molecule has 1 aliphatic rings. The summed E-state index contributed by atoms with van der Waals surface area (Å²) in [5.74, 6) is 0.568.